The van der Waals surface area contributed by atoms with Gasteiger partial charge in [-0.2, -0.15) is 0 Å². The van der Waals surface area contributed by atoms with Crippen LogP contribution in [-0.4, -0.2) is 39.7 Å². The molecular formula is C18H21N5O2. The molecule has 0 spiro atoms. The SMILES string of the molecule is O=C(/C=C/c1cnc(N[C@]2(Cc3ccccc3)CCNC2)nc1)NO. The first-order valence-electron chi connectivity index (χ1n) is 8.16. The van der Waals surface area contributed by atoms with Gasteiger partial charge in [0.25, 0.3) is 5.91 Å². The fourth-order valence-corrected chi connectivity index (χ4v) is 2.97. The van der Waals surface area contributed by atoms with Crippen LogP contribution in [0.2, 0.25) is 0 Å². The zero-order chi connectivity index (χ0) is 17.5. The largest absolute Gasteiger partial charge is 0.347 e. The monoisotopic (exact) mass is 339 g/mol. The topological polar surface area (TPSA) is 99.2 Å². The maximum atomic E-state index is 11.0. The average Bonchev–Trinajstić information content (AvgIpc) is 3.09. The molecule has 4 N–H and O–H groups in total. The minimum atomic E-state index is -0.596. The molecule has 1 atom stereocenters. The fourth-order valence-electron chi connectivity index (χ4n) is 2.97. The second kappa shape index (κ2) is 7.87. The van der Waals surface area contributed by atoms with Gasteiger partial charge in [-0.25, -0.2) is 15.4 Å². The number of hydroxylamine groups is 1. The highest BCUT2D eigenvalue weighted by Gasteiger charge is 2.34. The summed E-state index contributed by atoms with van der Waals surface area (Å²) in [6.45, 7) is 1.81. The number of aromatic nitrogens is 2. The molecule has 1 aliphatic rings. The van der Waals surface area contributed by atoms with Gasteiger partial charge in [0.1, 0.15) is 0 Å². The van der Waals surface area contributed by atoms with Crippen molar-refractivity contribution in [2.45, 2.75) is 18.4 Å². The summed E-state index contributed by atoms with van der Waals surface area (Å²) in [7, 11) is 0. The predicted octanol–water partition coefficient (Wildman–Crippen LogP) is 1.38. The molecule has 0 radical (unpaired) electrons. The Bertz CT molecular complexity index is 725. The van der Waals surface area contributed by atoms with Gasteiger partial charge in [-0.3, -0.25) is 10.0 Å². The lowest BCUT2D eigenvalue weighted by molar-refractivity contribution is -0.124. The Morgan fingerprint density at radius 3 is 2.68 bits per heavy atom. The van der Waals surface area contributed by atoms with E-state index in [1.165, 1.54) is 23.2 Å². The van der Waals surface area contributed by atoms with E-state index in [1.807, 2.05) is 18.2 Å². The molecule has 0 unspecified atom stereocenters. The minimum absolute atomic E-state index is 0.116. The molecule has 25 heavy (non-hydrogen) atoms. The van der Waals surface area contributed by atoms with E-state index >= 15 is 0 Å². The van der Waals surface area contributed by atoms with Gasteiger partial charge in [-0.15, -0.1) is 0 Å². The number of hydrogen-bond donors (Lipinski definition) is 4. The molecule has 3 rings (SSSR count). The van der Waals surface area contributed by atoms with Gasteiger partial charge in [0.05, 0.1) is 5.54 Å². The normalized spacial score (nSPS) is 19.9. The zero-order valence-electron chi connectivity index (χ0n) is 13.8. The Morgan fingerprint density at radius 2 is 2.04 bits per heavy atom. The first-order valence-corrected chi connectivity index (χ1v) is 8.16. The van der Waals surface area contributed by atoms with Crippen molar-refractivity contribution in [2.75, 3.05) is 18.4 Å². The molecule has 7 heteroatoms. The molecular weight excluding hydrogens is 318 g/mol. The van der Waals surface area contributed by atoms with Gasteiger partial charge in [0.2, 0.25) is 5.95 Å². The van der Waals surface area contributed by atoms with E-state index in [-0.39, 0.29) is 5.54 Å². The van der Waals surface area contributed by atoms with Crippen LogP contribution in [0.1, 0.15) is 17.5 Å². The number of carbonyl (C=O) groups excluding carboxylic acids is 1. The lowest BCUT2D eigenvalue weighted by atomic mass is 9.90. The maximum Gasteiger partial charge on any atom is 0.267 e. The number of carbonyl (C=O) groups is 1. The number of nitrogens with one attached hydrogen (secondary N) is 3. The highest BCUT2D eigenvalue weighted by atomic mass is 16.5. The predicted molar refractivity (Wildman–Crippen MR) is 95.0 cm³/mol. The first kappa shape index (κ1) is 17.1. The van der Waals surface area contributed by atoms with Gasteiger partial charge >= 0.3 is 0 Å². The van der Waals surface area contributed by atoms with Crippen molar-refractivity contribution >= 4 is 17.9 Å². The van der Waals surface area contributed by atoms with E-state index in [0.29, 0.717) is 11.5 Å². The van der Waals surface area contributed by atoms with Crippen molar-refractivity contribution in [2.24, 2.45) is 0 Å². The first-order chi connectivity index (χ1) is 12.2. The van der Waals surface area contributed by atoms with Gasteiger partial charge in [0.15, 0.2) is 0 Å². The molecule has 130 valence electrons. The van der Waals surface area contributed by atoms with E-state index in [9.17, 15) is 4.79 Å². The molecule has 2 aromatic rings. The Morgan fingerprint density at radius 1 is 1.28 bits per heavy atom. The van der Waals surface area contributed by atoms with Gasteiger partial charge < -0.3 is 10.6 Å². The minimum Gasteiger partial charge on any atom is -0.347 e. The molecule has 7 nitrogen and oxygen atoms in total. The summed E-state index contributed by atoms with van der Waals surface area (Å²) >= 11 is 0. The molecule has 0 aliphatic carbocycles. The summed E-state index contributed by atoms with van der Waals surface area (Å²) in [4.78, 5) is 19.7. The van der Waals surface area contributed by atoms with Gasteiger partial charge in [-0.1, -0.05) is 30.3 Å². The summed E-state index contributed by atoms with van der Waals surface area (Å²) in [5, 5.41) is 15.4. The number of anilines is 1. The Labute approximate surface area is 146 Å². The van der Waals surface area contributed by atoms with Gasteiger partial charge in [0, 0.05) is 30.6 Å². The van der Waals surface area contributed by atoms with Crippen molar-refractivity contribution in [3.05, 3.63) is 59.9 Å². The number of rotatable bonds is 6. The Kier molecular flexibility index (Phi) is 5.37. The fraction of sp³-hybridized carbons (Fsp3) is 0.278. The highest BCUT2D eigenvalue weighted by Crippen LogP contribution is 2.24. The summed E-state index contributed by atoms with van der Waals surface area (Å²) in [5.41, 5.74) is 3.37. The van der Waals surface area contributed by atoms with Crippen molar-refractivity contribution < 1.29 is 10.0 Å². The molecule has 1 fully saturated rings. The molecule has 0 bridgehead atoms. The number of hydrogen-bond acceptors (Lipinski definition) is 6. The maximum absolute atomic E-state index is 11.0. The van der Waals surface area contributed by atoms with E-state index in [1.54, 1.807) is 12.4 Å². The Hall–Kier alpha value is -2.77. The van der Waals surface area contributed by atoms with Crippen LogP contribution in [0, 0.1) is 0 Å². The van der Waals surface area contributed by atoms with E-state index in [4.69, 9.17) is 5.21 Å². The third-order valence-corrected chi connectivity index (χ3v) is 4.22. The van der Waals surface area contributed by atoms with Crippen molar-refractivity contribution in [1.82, 2.24) is 20.8 Å². The molecule has 1 aromatic heterocycles. The van der Waals surface area contributed by atoms with Crippen molar-refractivity contribution in [1.29, 1.82) is 0 Å². The van der Waals surface area contributed by atoms with Crippen LogP contribution in [-0.2, 0) is 11.2 Å². The summed E-state index contributed by atoms with van der Waals surface area (Å²) in [6, 6.07) is 10.4. The van der Waals surface area contributed by atoms with Crippen LogP contribution >= 0.6 is 0 Å². The molecule has 1 aromatic carbocycles. The third-order valence-electron chi connectivity index (χ3n) is 4.22. The number of benzene rings is 1. The van der Waals surface area contributed by atoms with E-state index in [2.05, 4.69) is 32.7 Å². The van der Waals surface area contributed by atoms with Crippen LogP contribution in [0.4, 0.5) is 5.95 Å². The summed E-state index contributed by atoms with van der Waals surface area (Å²) in [5.74, 6) is -0.0376. The highest BCUT2D eigenvalue weighted by molar-refractivity contribution is 5.90. The lowest BCUT2D eigenvalue weighted by Gasteiger charge is -2.30. The zero-order valence-corrected chi connectivity index (χ0v) is 13.8. The van der Waals surface area contributed by atoms with Crippen molar-refractivity contribution in [3.63, 3.8) is 0 Å². The van der Waals surface area contributed by atoms with Crippen LogP contribution < -0.4 is 16.1 Å². The standard InChI is InChI=1S/C18H21N5O2/c24-16(23-25)7-6-15-11-20-17(21-12-15)22-18(8-9-19-13-18)10-14-4-2-1-3-5-14/h1-7,11-12,19,25H,8-10,13H2,(H,23,24)(H,20,21,22)/b7-6+/t18-/m0/s1. The molecule has 0 saturated carbocycles. The number of nitrogens with zero attached hydrogens (tertiary/aromatic N) is 2. The van der Waals surface area contributed by atoms with Crippen LogP contribution in [0.15, 0.2) is 48.8 Å². The second-order valence-corrected chi connectivity index (χ2v) is 6.14. The molecule has 2 heterocycles. The van der Waals surface area contributed by atoms with Crippen molar-refractivity contribution in [3.8, 4) is 0 Å². The molecule has 1 aliphatic heterocycles. The smallest absolute Gasteiger partial charge is 0.267 e. The number of amides is 1. The lowest BCUT2D eigenvalue weighted by Crippen LogP contribution is -2.43. The third kappa shape index (κ3) is 4.62. The summed E-state index contributed by atoms with van der Waals surface area (Å²) in [6.07, 6.45) is 7.89. The van der Waals surface area contributed by atoms with E-state index < -0.39 is 5.91 Å². The average molecular weight is 339 g/mol. The summed E-state index contributed by atoms with van der Waals surface area (Å²) < 4.78 is 0. The van der Waals surface area contributed by atoms with Gasteiger partial charge in [-0.05, 0) is 31.0 Å². The Balaban J connectivity index is 1.70. The second-order valence-electron chi connectivity index (χ2n) is 6.14. The molecule has 1 saturated heterocycles. The molecule has 1 amide bonds. The van der Waals surface area contributed by atoms with Crippen LogP contribution in [0.5, 0.6) is 0 Å². The van der Waals surface area contributed by atoms with Crippen LogP contribution in [0.3, 0.4) is 0 Å². The quantitative estimate of drug-likeness (QED) is 0.361. The van der Waals surface area contributed by atoms with E-state index in [0.717, 1.165) is 25.9 Å². The van der Waals surface area contributed by atoms with Crippen LogP contribution in [0.25, 0.3) is 6.08 Å².